The molecule has 2 heterocycles. The monoisotopic (exact) mass is 455 g/mol. The van der Waals surface area contributed by atoms with Gasteiger partial charge in [-0.25, -0.2) is 9.36 Å². The summed E-state index contributed by atoms with van der Waals surface area (Å²) < 4.78 is 2.05. The maximum atomic E-state index is 12.1. The fourth-order valence-corrected chi connectivity index (χ4v) is 2.89. The summed E-state index contributed by atoms with van der Waals surface area (Å²) in [4.78, 5) is 28.6. The predicted molar refractivity (Wildman–Crippen MR) is 104 cm³/mol. The van der Waals surface area contributed by atoms with Crippen LogP contribution in [-0.2, 0) is 0 Å². The standard InChI is InChI=1S/C16H18IN5O3/c1-20-6-8-21(9-7-20)18-10-13-14(23)19-16(25)22(15(13)24)12-4-2-11(17)3-5-12/h2-5,10,24H,6-9H2,1H3,(H,19,23,25)/b18-10+. The van der Waals surface area contributed by atoms with Crippen molar-refractivity contribution in [1.82, 2.24) is 19.5 Å². The SMILES string of the molecule is CN1CCN(/N=C/c2c(O)n(-c3ccc(I)cc3)c(=O)[nH]c2=O)CC1. The van der Waals surface area contributed by atoms with Crippen LogP contribution in [0.5, 0.6) is 5.88 Å². The quantitative estimate of drug-likeness (QED) is 0.517. The second kappa shape index (κ2) is 7.40. The molecule has 0 radical (unpaired) electrons. The highest BCUT2D eigenvalue weighted by atomic mass is 127. The summed E-state index contributed by atoms with van der Waals surface area (Å²) in [5.41, 5.74) is -0.937. The molecule has 0 bridgehead atoms. The zero-order valence-electron chi connectivity index (χ0n) is 13.6. The summed E-state index contributed by atoms with van der Waals surface area (Å²) in [5, 5.41) is 16.6. The summed E-state index contributed by atoms with van der Waals surface area (Å²) in [7, 11) is 2.04. The molecule has 1 fully saturated rings. The van der Waals surface area contributed by atoms with E-state index in [4.69, 9.17) is 0 Å². The Bertz CT molecular complexity index is 895. The summed E-state index contributed by atoms with van der Waals surface area (Å²) in [6.45, 7) is 3.23. The molecule has 1 saturated heterocycles. The van der Waals surface area contributed by atoms with Gasteiger partial charge in [0.1, 0.15) is 5.56 Å². The lowest BCUT2D eigenvalue weighted by Gasteiger charge is -2.30. The Morgan fingerprint density at radius 3 is 2.44 bits per heavy atom. The average Bonchev–Trinajstić information content (AvgIpc) is 2.57. The van der Waals surface area contributed by atoms with Crippen LogP contribution >= 0.6 is 22.6 Å². The van der Waals surface area contributed by atoms with Crippen molar-refractivity contribution in [1.29, 1.82) is 0 Å². The number of aromatic nitrogens is 2. The zero-order valence-corrected chi connectivity index (χ0v) is 15.8. The first-order valence-electron chi connectivity index (χ1n) is 7.77. The number of benzene rings is 1. The number of hydrogen-bond acceptors (Lipinski definition) is 6. The molecule has 0 saturated carbocycles. The third-order valence-electron chi connectivity index (χ3n) is 4.04. The van der Waals surface area contributed by atoms with E-state index in [1.807, 2.05) is 24.2 Å². The number of nitrogens with one attached hydrogen (secondary N) is 1. The van der Waals surface area contributed by atoms with Crippen molar-refractivity contribution < 1.29 is 5.11 Å². The Morgan fingerprint density at radius 2 is 1.80 bits per heavy atom. The molecule has 0 aliphatic carbocycles. The van der Waals surface area contributed by atoms with E-state index in [2.05, 4.69) is 37.6 Å². The molecule has 0 amide bonds. The van der Waals surface area contributed by atoms with Crippen molar-refractivity contribution >= 4 is 28.8 Å². The Hall–Kier alpha value is -2.14. The van der Waals surface area contributed by atoms with Crippen molar-refractivity contribution in [3.8, 4) is 11.6 Å². The van der Waals surface area contributed by atoms with Gasteiger partial charge in [-0.05, 0) is 53.9 Å². The molecule has 3 rings (SSSR count). The van der Waals surface area contributed by atoms with Gasteiger partial charge in [0.2, 0.25) is 5.88 Å². The van der Waals surface area contributed by atoms with Gasteiger partial charge < -0.3 is 10.0 Å². The van der Waals surface area contributed by atoms with Crippen LogP contribution in [0.4, 0.5) is 0 Å². The molecule has 132 valence electrons. The van der Waals surface area contributed by atoms with E-state index < -0.39 is 17.1 Å². The molecule has 2 aromatic rings. The largest absolute Gasteiger partial charge is 0.493 e. The van der Waals surface area contributed by atoms with Crippen LogP contribution in [0.15, 0.2) is 39.0 Å². The smallest absolute Gasteiger partial charge is 0.335 e. The lowest BCUT2D eigenvalue weighted by Crippen LogP contribution is -2.42. The number of likely N-dealkylation sites (N-methyl/N-ethyl adjacent to an activating group) is 1. The van der Waals surface area contributed by atoms with Crippen LogP contribution < -0.4 is 11.2 Å². The topological polar surface area (TPSA) is 93.9 Å². The fourth-order valence-electron chi connectivity index (χ4n) is 2.54. The van der Waals surface area contributed by atoms with E-state index in [0.717, 1.165) is 34.3 Å². The number of H-pyrrole nitrogens is 1. The Kier molecular flexibility index (Phi) is 5.23. The third-order valence-corrected chi connectivity index (χ3v) is 4.75. The number of nitrogens with zero attached hydrogens (tertiary/aromatic N) is 4. The molecular formula is C16H18IN5O3. The molecule has 0 atom stereocenters. The van der Waals surface area contributed by atoms with Gasteiger partial charge in [-0.1, -0.05) is 0 Å². The molecule has 0 unspecified atom stereocenters. The molecule has 8 nitrogen and oxygen atoms in total. The number of rotatable bonds is 3. The van der Waals surface area contributed by atoms with Gasteiger partial charge in [0.05, 0.1) is 11.9 Å². The summed E-state index contributed by atoms with van der Waals surface area (Å²) in [6.07, 6.45) is 1.31. The van der Waals surface area contributed by atoms with Gasteiger partial charge in [0.25, 0.3) is 5.56 Å². The van der Waals surface area contributed by atoms with Crippen LogP contribution in [0, 0.1) is 3.57 Å². The van der Waals surface area contributed by atoms with Crippen molar-refractivity contribution in [2.75, 3.05) is 33.2 Å². The highest BCUT2D eigenvalue weighted by molar-refractivity contribution is 14.1. The maximum Gasteiger partial charge on any atom is 0.335 e. The highest BCUT2D eigenvalue weighted by Crippen LogP contribution is 2.16. The van der Waals surface area contributed by atoms with Crippen molar-refractivity contribution in [2.45, 2.75) is 0 Å². The minimum atomic E-state index is -0.694. The molecular weight excluding hydrogens is 437 g/mol. The van der Waals surface area contributed by atoms with Crippen molar-refractivity contribution in [3.05, 3.63) is 54.2 Å². The average molecular weight is 455 g/mol. The Balaban J connectivity index is 1.97. The summed E-state index contributed by atoms with van der Waals surface area (Å²) in [6, 6.07) is 7.01. The maximum absolute atomic E-state index is 12.1. The lowest BCUT2D eigenvalue weighted by molar-refractivity contribution is 0.159. The van der Waals surface area contributed by atoms with E-state index in [0.29, 0.717) is 5.69 Å². The van der Waals surface area contributed by atoms with Crippen LogP contribution in [0.1, 0.15) is 5.56 Å². The first-order valence-corrected chi connectivity index (χ1v) is 8.85. The van der Waals surface area contributed by atoms with E-state index in [-0.39, 0.29) is 5.56 Å². The van der Waals surface area contributed by atoms with E-state index in [1.54, 1.807) is 12.1 Å². The highest BCUT2D eigenvalue weighted by Gasteiger charge is 2.16. The minimum Gasteiger partial charge on any atom is -0.493 e. The number of aromatic hydroxyl groups is 1. The molecule has 1 aliphatic rings. The first-order chi connectivity index (χ1) is 12.0. The first kappa shape index (κ1) is 17.7. The van der Waals surface area contributed by atoms with Gasteiger partial charge in [0.15, 0.2) is 0 Å². The molecule has 1 aromatic carbocycles. The number of hydrogen-bond donors (Lipinski definition) is 2. The third kappa shape index (κ3) is 3.93. The summed E-state index contributed by atoms with van der Waals surface area (Å²) in [5.74, 6) is -0.423. The fraction of sp³-hybridized carbons (Fsp3) is 0.312. The molecule has 1 aromatic heterocycles. The second-order valence-electron chi connectivity index (χ2n) is 5.81. The summed E-state index contributed by atoms with van der Waals surface area (Å²) >= 11 is 2.15. The van der Waals surface area contributed by atoms with Gasteiger partial charge >= 0.3 is 5.69 Å². The lowest BCUT2D eigenvalue weighted by atomic mass is 10.3. The number of piperazine rings is 1. The zero-order chi connectivity index (χ0) is 18.0. The molecule has 0 spiro atoms. The number of halogens is 1. The van der Waals surface area contributed by atoms with E-state index >= 15 is 0 Å². The Morgan fingerprint density at radius 1 is 1.16 bits per heavy atom. The second-order valence-corrected chi connectivity index (χ2v) is 7.06. The predicted octanol–water partition coefficient (Wildman–Crippen LogP) is 0.417. The van der Waals surface area contributed by atoms with Crippen LogP contribution in [-0.4, -0.2) is 64.0 Å². The normalized spacial score (nSPS) is 15.8. The van der Waals surface area contributed by atoms with Crippen LogP contribution in [0.25, 0.3) is 5.69 Å². The molecule has 25 heavy (non-hydrogen) atoms. The minimum absolute atomic E-state index is 0.0444. The van der Waals surface area contributed by atoms with Gasteiger partial charge in [0, 0.05) is 29.7 Å². The van der Waals surface area contributed by atoms with Crippen LogP contribution in [0.3, 0.4) is 0 Å². The van der Waals surface area contributed by atoms with Crippen LogP contribution in [0.2, 0.25) is 0 Å². The molecule has 1 aliphatic heterocycles. The van der Waals surface area contributed by atoms with E-state index in [1.165, 1.54) is 6.21 Å². The molecule has 2 N–H and O–H groups in total. The van der Waals surface area contributed by atoms with Gasteiger partial charge in [-0.15, -0.1) is 0 Å². The van der Waals surface area contributed by atoms with Gasteiger partial charge in [-0.2, -0.15) is 5.10 Å². The molecule has 9 heteroatoms. The van der Waals surface area contributed by atoms with Crippen molar-refractivity contribution in [2.24, 2.45) is 5.10 Å². The van der Waals surface area contributed by atoms with Gasteiger partial charge in [-0.3, -0.25) is 14.8 Å². The Labute approximate surface area is 157 Å². The number of aromatic amines is 1. The number of hydrazone groups is 1. The van der Waals surface area contributed by atoms with E-state index in [9.17, 15) is 14.7 Å². The van der Waals surface area contributed by atoms with Crippen molar-refractivity contribution in [3.63, 3.8) is 0 Å².